The number of halogens is 1. The minimum Gasteiger partial charge on any atom is -0.330 e. The van der Waals surface area contributed by atoms with E-state index in [1.807, 2.05) is 0 Å². The Morgan fingerprint density at radius 1 is 1.31 bits per heavy atom. The highest BCUT2D eigenvalue weighted by atomic mass is 19.1. The molecule has 1 heterocycles. The summed E-state index contributed by atoms with van der Waals surface area (Å²) >= 11 is 0. The zero-order valence-electron chi connectivity index (χ0n) is 9.20. The van der Waals surface area contributed by atoms with Crippen LogP contribution in [0, 0.1) is 12.7 Å². The third kappa shape index (κ3) is 2.02. The van der Waals surface area contributed by atoms with Crippen molar-refractivity contribution in [3.63, 3.8) is 0 Å². The number of rotatable bonds is 3. The molecule has 0 atom stereocenters. The lowest BCUT2D eigenvalue weighted by Gasteiger charge is -2.05. The average molecular weight is 219 g/mol. The Bertz CT molecular complexity index is 511. The Labute approximate surface area is 93.5 Å². The standard InChI is InChI=1S/C12H14FN3/c1-8-12-9(13)4-2-5-10(12)16-11(15-8)6-3-7-14/h2,4-5H,3,6-7,14H2,1H3. The van der Waals surface area contributed by atoms with Crippen molar-refractivity contribution in [3.8, 4) is 0 Å². The van der Waals surface area contributed by atoms with Gasteiger partial charge < -0.3 is 5.73 Å². The molecule has 16 heavy (non-hydrogen) atoms. The summed E-state index contributed by atoms with van der Waals surface area (Å²) in [7, 11) is 0. The Balaban J connectivity index is 2.51. The van der Waals surface area contributed by atoms with Gasteiger partial charge in [-0.05, 0) is 32.0 Å². The van der Waals surface area contributed by atoms with Crippen molar-refractivity contribution >= 4 is 10.9 Å². The van der Waals surface area contributed by atoms with E-state index in [1.165, 1.54) is 6.07 Å². The summed E-state index contributed by atoms with van der Waals surface area (Å²) in [6.07, 6.45) is 1.59. The molecule has 2 N–H and O–H groups in total. The maximum Gasteiger partial charge on any atom is 0.134 e. The quantitative estimate of drug-likeness (QED) is 0.858. The molecule has 0 bridgehead atoms. The molecule has 0 saturated heterocycles. The Kier molecular flexibility index (Phi) is 3.10. The van der Waals surface area contributed by atoms with Crippen LogP contribution in [-0.2, 0) is 6.42 Å². The first-order chi connectivity index (χ1) is 7.72. The molecule has 1 aromatic carbocycles. The molecule has 4 heteroatoms. The van der Waals surface area contributed by atoms with Gasteiger partial charge in [0.05, 0.1) is 16.6 Å². The number of aromatic nitrogens is 2. The van der Waals surface area contributed by atoms with Crippen LogP contribution in [-0.4, -0.2) is 16.5 Å². The van der Waals surface area contributed by atoms with Crippen LogP contribution in [0.5, 0.6) is 0 Å². The fourth-order valence-electron chi connectivity index (χ4n) is 1.75. The van der Waals surface area contributed by atoms with Crippen LogP contribution in [0.1, 0.15) is 17.9 Å². The van der Waals surface area contributed by atoms with Crippen molar-refractivity contribution in [2.45, 2.75) is 19.8 Å². The zero-order chi connectivity index (χ0) is 11.5. The van der Waals surface area contributed by atoms with E-state index in [1.54, 1.807) is 19.1 Å². The van der Waals surface area contributed by atoms with Gasteiger partial charge in [-0.25, -0.2) is 14.4 Å². The minimum absolute atomic E-state index is 0.264. The molecule has 0 amide bonds. The average Bonchev–Trinajstić information content (AvgIpc) is 2.26. The normalized spacial score (nSPS) is 10.9. The number of benzene rings is 1. The van der Waals surface area contributed by atoms with Crippen LogP contribution < -0.4 is 5.73 Å². The van der Waals surface area contributed by atoms with Crippen LogP contribution in [0.25, 0.3) is 10.9 Å². The Morgan fingerprint density at radius 2 is 2.12 bits per heavy atom. The van der Waals surface area contributed by atoms with E-state index in [2.05, 4.69) is 9.97 Å². The first kappa shape index (κ1) is 11.0. The molecule has 0 aliphatic heterocycles. The van der Waals surface area contributed by atoms with Gasteiger partial charge in [-0.3, -0.25) is 0 Å². The Morgan fingerprint density at radius 3 is 2.88 bits per heavy atom. The Hall–Kier alpha value is -1.55. The lowest BCUT2D eigenvalue weighted by molar-refractivity contribution is 0.637. The molecular formula is C12H14FN3. The van der Waals surface area contributed by atoms with Gasteiger partial charge in [0.15, 0.2) is 0 Å². The number of fused-ring (bicyclic) bond motifs is 1. The molecule has 3 nitrogen and oxygen atoms in total. The van der Waals surface area contributed by atoms with Crippen molar-refractivity contribution in [2.24, 2.45) is 5.73 Å². The summed E-state index contributed by atoms with van der Waals surface area (Å²) in [4.78, 5) is 8.62. The predicted octanol–water partition coefficient (Wildman–Crippen LogP) is 1.97. The maximum absolute atomic E-state index is 13.5. The summed E-state index contributed by atoms with van der Waals surface area (Å²) in [6.45, 7) is 2.42. The first-order valence-corrected chi connectivity index (χ1v) is 5.34. The number of hydrogen-bond acceptors (Lipinski definition) is 3. The summed E-state index contributed by atoms with van der Waals surface area (Å²) in [5.74, 6) is 0.474. The van der Waals surface area contributed by atoms with E-state index in [9.17, 15) is 4.39 Å². The van der Waals surface area contributed by atoms with Gasteiger partial charge in [0.2, 0.25) is 0 Å². The smallest absolute Gasteiger partial charge is 0.134 e. The summed E-state index contributed by atoms with van der Waals surface area (Å²) in [6, 6.07) is 4.90. The number of nitrogens with two attached hydrogens (primary N) is 1. The highest BCUT2D eigenvalue weighted by Crippen LogP contribution is 2.18. The van der Waals surface area contributed by atoms with E-state index in [-0.39, 0.29) is 5.82 Å². The first-order valence-electron chi connectivity index (χ1n) is 5.34. The van der Waals surface area contributed by atoms with Gasteiger partial charge in [0.25, 0.3) is 0 Å². The topological polar surface area (TPSA) is 51.8 Å². The summed E-state index contributed by atoms with van der Waals surface area (Å²) in [5, 5.41) is 0.513. The largest absolute Gasteiger partial charge is 0.330 e. The van der Waals surface area contributed by atoms with E-state index in [4.69, 9.17) is 5.73 Å². The summed E-state index contributed by atoms with van der Waals surface area (Å²) in [5.41, 5.74) is 6.79. The van der Waals surface area contributed by atoms with Gasteiger partial charge in [0.1, 0.15) is 11.6 Å². The zero-order valence-corrected chi connectivity index (χ0v) is 9.20. The molecule has 0 unspecified atom stereocenters. The highest BCUT2D eigenvalue weighted by molar-refractivity contribution is 5.81. The predicted molar refractivity (Wildman–Crippen MR) is 61.6 cm³/mol. The van der Waals surface area contributed by atoms with Crippen LogP contribution in [0.2, 0.25) is 0 Å². The van der Waals surface area contributed by atoms with Crippen molar-refractivity contribution < 1.29 is 4.39 Å². The van der Waals surface area contributed by atoms with Gasteiger partial charge in [-0.1, -0.05) is 6.07 Å². The van der Waals surface area contributed by atoms with E-state index in [0.717, 1.165) is 18.7 Å². The van der Waals surface area contributed by atoms with Gasteiger partial charge >= 0.3 is 0 Å². The minimum atomic E-state index is -0.264. The lowest BCUT2D eigenvalue weighted by atomic mass is 10.1. The van der Waals surface area contributed by atoms with Crippen molar-refractivity contribution in [1.29, 1.82) is 0 Å². The fraction of sp³-hybridized carbons (Fsp3) is 0.333. The number of nitrogens with zero attached hydrogens (tertiary/aromatic N) is 2. The lowest BCUT2D eigenvalue weighted by Crippen LogP contribution is -2.04. The van der Waals surface area contributed by atoms with Crippen LogP contribution in [0.4, 0.5) is 4.39 Å². The van der Waals surface area contributed by atoms with Crippen molar-refractivity contribution in [1.82, 2.24) is 9.97 Å². The molecule has 0 radical (unpaired) electrons. The molecule has 1 aromatic heterocycles. The monoisotopic (exact) mass is 219 g/mol. The van der Waals surface area contributed by atoms with Gasteiger partial charge in [-0.2, -0.15) is 0 Å². The van der Waals surface area contributed by atoms with Gasteiger partial charge in [-0.15, -0.1) is 0 Å². The SMILES string of the molecule is Cc1nc(CCCN)nc2cccc(F)c12. The molecule has 0 spiro atoms. The molecule has 0 aliphatic rings. The van der Waals surface area contributed by atoms with Crippen LogP contribution in [0.3, 0.4) is 0 Å². The second-order valence-corrected chi connectivity index (χ2v) is 3.75. The molecule has 0 aliphatic carbocycles. The van der Waals surface area contributed by atoms with E-state index in [0.29, 0.717) is 23.1 Å². The summed E-state index contributed by atoms with van der Waals surface area (Å²) < 4.78 is 13.5. The molecular weight excluding hydrogens is 205 g/mol. The second-order valence-electron chi connectivity index (χ2n) is 3.75. The molecule has 0 saturated carbocycles. The van der Waals surface area contributed by atoms with E-state index < -0.39 is 0 Å². The maximum atomic E-state index is 13.5. The van der Waals surface area contributed by atoms with Crippen molar-refractivity contribution in [3.05, 3.63) is 35.5 Å². The number of hydrogen-bond donors (Lipinski definition) is 1. The second kappa shape index (κ2) is 4.53. The molecule has 0 fully saturated rings. The third-order valence-electron chi connectivity index (χ3n) is 2.50. The van der Waals surface area contributed by atoms with Crippen LogP contribution >= 0.6 is 0 Å². The van der Waals surface area contributed by atoms with E-state index >= 15 is 0 Å². The van der Waals surface area contributed by atoms with Crippen LogP contribution in [0.15, 0.2) is 18.2 Å². The number of aryl methyl sites for hydroxylation is 2. The van der Waals surface area contributed by atoms with Gasteiger partial charge in [0, 0.05) is 6.42 Å². The molecule has 2 aromatic rings. The molecule has 84 valence electrons. The molecule has 2 rings (SSSR count). The third-order valence-corrected chi connectivity index (χ3v) is 2.50. The van der Waals surface area contributed by atoms with Crippen molar-refractivity contribution in [2.75, 3.05) is 6.54 Å². The fourth-order valence-corrected chi connectivity index (χ4v) is 1.75. The highest BCUT2D eigenvalue weighted by Gasteiger charge is 2.07.